The first-order valence-electron chi connectivity index (χ1n) is 7.86. The Morgan fingerprint density at radius 2 is 1.75 bits per heavy atom. The minimum Gasteiger partial charge on any atom is -0.480 e. The lowest BCUT2D eigenvalue weighted by Gasteiger charge is -2.25. The van der Waals surface area contributed by atoms with Crippen molar-refractivity contribution in [1.82, 2.24) is 10.0 Å². The molecule has 1 aromatic carbocycles. The number of aliphatic carboxylic acids is 1. The summed E-state index contributed by atoms with van der Waals surface area (Å²) in [6, 6.07) is 6.27. The van der Waals surface area contributed by atoms with E-state index in [4.69, 9.17) is 0 Å². The van der Waals surface area contributed by atoms with Crippen LogP contribution in [0.25, 0.3) is 0 Å². The van der Waals surface area contributed by atoms with Gasteiger partial charge in [0.25, 0.3) is 0 Å². The van der Waals surface area contributed by atoms with Crippen molar-refractivity contribution in [3.63, 3.8) is 0 Å². The monoisotopic (exact) mass is 354 g/mol. The van der Waals surface area contributed by atoms with E-state index in [0.717, 1.165) is 18.4 Å². The van der Waals surface area contributed by atoms with Gasteiger partial charge in [0, 0.05) is 6.42 Å². The maximum atomic E-state index is 12.1. The van der Waals surface area contributed by atoms with E-state index in [2.05, 4.69) is 10.0 Å². The maximum Gasteiger partial charge on any atom is 0.329 e. The zero-order valence-corrected chi connectivity index (χ0v) is 14.4. The molecule has 0 radical (unpaired) electrons. The van der Waals surface area contributed by atoms with Crippen molar-refractivity contribution < 1.29 is 23.1 Å². The van der Waals surface area contributed by atoms with Gasteiger partial charge in [-0.3, -0.25) is 4.79 Å². The molecule has 1 amide bonds. The zero-order valence-electron chi connectivity index (χ0n) is 13.5. The summed E-state index contributed by atoms with van der Waals surface area (Å²) in [6.07, 6.45) is 3.10. The molecule has 0 heterocycles. The number of rotatable bonds is 7. The van der Waals surface area contributed by atoms with Crippen LogP contribution in [0.1, 0.15) is 37.7 Å². The van der Waals surface area contributed by atoms with Crippen LogP contribution >= 0.6 is 0 Å². The molecule has 0 unspecified atom stereocenters. The summed E-state index contributed by atoms with van der Waals surface area (Å²) >= 11 is 0. The molecule has 0 aromatic heterocycles. The predicted octanol–water partition coefficient (Wildman–Crippen LogP) is 1.04. The van der Waals surface area contributed by atoms with Crippen molar-refractivity contribution in [2.45, 2.75) is 49.0 Å². The Morgan fingerprint density at radius 1 is 1.17 bits per heavy atom. The van der Waals surface area contributed by atoms with Crippen molar-refractivity contribution in [3.8, 4) is 0 Å². The van der Waals surface area contributed by atoms with Crippen LogP contribution in [0.3, 0.4) is 0 Å². The number of carbonyl (C=O) groups is 2. The quantitative estimate of drug-likeness (QED) is 0.677. The molecule has 0 saturated heterocycles. The van der Waals surface area contributed by atoms with E-state index in [1.54, 1.807) is 12.1 Å². The van der Waals surface area contributed by atoms with Crippen LogP contribution < -0.4 is 10.0 Å². The fourth-order valence-electron chi connectivity index (χ4n) is 2.91. The normalized spacial score (nSPS) is 16.7. The first-order valence-corrected chi connectivity index (χ1v) is 9.34. The van der Waals surface area contributed by atoms with Gasteiger partial charge in [0.15, 0.2) is 0 Å². The van der Waals surface area contributed by atoms with Crippen molar-refractivity contribution >= 4 is 21.9 Å². The summed E-state index contributed by atoms with van der Waals surface area (Å²) < 4.78 is 25.5. The number of benzene rings is 1. The van der Waals surface area contributed by atoms with Gasteiger partial charge in [0.2, 0.25) is 15.9 Å². The largest absolute Gasteiger partial charge is 0.480 e. The standard InChI is InChI=1S/C16H22N2O5S/c1-17-24(22,23)13-7-4-12(5-8-13)6-9-14(19)18-16(15(20)21)10-2-3-11-16/h4-5,7-8,17H,2-3,6,9-11H2,1H3,(H,18,19)(H,20,21). The zero-order chi connectivity index (χ0) is 17.8. The van der Waals surface area contributed by atoms with Gasteiger partial charge in [0.05, 0.1) is 4.90 Å². The molecule has 1 aliphatic carbocycles. The Balaban J connectivity index is 1.93. The summed E-state index contributed by atoms with van der Waals surface area (Å²) in [5.74, 6) is -1.28. The molecule has 8 heteroatoms. The number of hydrogen-bond donors (Lipinski definition) is 3. The third-order valence-corrected chi connectivity index (χ3v) is 5.82. The average Bonchev–Trinajstić information content (AvgIpc) is 3.03. The van der Waals surface area contributed by atoms with Gasteiger partial charge >= 0.3 is 5.97 Å². The highest BCUT2D eigenvalue weighted by Crippen LogP contribution is 2.30. The second-order valence-corrected chi connectivity index (χ2v) is 7.88. The molecule has 24 heavy (non-hydrogen) atoms. The van der Waals surface area contributed by atoms with Gasteiger partial charge in [-0.2, -0.15) is 0 Å². The number of hydrogen-bond acceptors (Lipinski definition) is 4. The average molecular weight is 354 g/mol. The molecule has 1 aromatic rings. The van der Waals surface area contributed by atoms with Crippen molar-refractivity contribution in [1.29, 1.82) is 0 Å². The van der Waals surface area contributed by atoms with Crippen LogP contribution in [0.4, 0.5) is 0 Å². The second-order valence-electron chi connectivity index (χ2n) is 5.99. The maximum absolute atomic E-state index is 12.1. The van der Waals surface area contributed by atoms with Gasteiger partial charge in [-0.25, -0.2) is 17.9 Å². The lowest BCUT2D eigenvalue weighted by Crippen LogP contribution is -2.52. The Hall–Kier alpha value is -1.93. The Labute approximate surface area is 141 Å². The molecule has 1 aliphatic rings. The summed E-state index contributed by atoms with van der Waals surface area (Å²) in [5, 5.41) is 12.0. The number of nitrogens with one attached hydrogen (secondary N) is 2. The molecular weight excluding hydrogens is 332 g/mol. The van der Waals surface area contributed by atoms with E-state index in [9.17, 15) is 23.1 Å². The minimum absolute atomic E-state index is 0.160. The number of sulfonamides is 1. The van der Waals surface area contributed by atoms with Crippen molar-refractivity contribution in [3.05, 3.63) is 29.8 Å². The van der Waals surface area contributed by atoms with Crippen LogP contribution in [0, 0.1) is 0 Å². The number of amides is 1. The van der Waals surface area contributed by atoms with Gasteiger partial charge in [-0.15, -0.1) is 0 Å². The molecular formula is C16H22N2O5S. The first kappa shape index (κ1) is 18.4. The minimum atomic E-state index is -3.47. The molecule has 1 saturated carbocycles. The van der Waals surface area contributed by atoms with E-state index in [0.29, 0.717) is 19.3 Å². The van der Waals surface area contributed by atoms with Crippen molar-refractivity contribution in [2.75, 3.05) is 7.05 Å². The third kappa shape index (κ3) is 4.12. The third-order valence-electron chi connectivity index (χ3n) is 4.39. The molecule has 1 fully saturated rings. The van der Waals surface area contributed by atoms with Gasteiger partial charge in [-0.05, 0) is 44.0 Å². The van der Waals surface area contributed by atoms with Crippen LogP contribution in [-0.2, 0) is 26.0 Å². The number of aryl methyl sites for hydroxylation is 1. The van der Waals surface area contributed by atoms with Crippen LogP contribution in [0.2, 0.25) is 0 Å². The van der Waals surface area contributed by atoms with E-state index < -0.39 is 21.5 Å². The second kappa shape index (κ2) is 7.31. The fraction of sp³-hybridized carbons (Fsp3) is 0.500. The van der Waals surface area contributed by atoms with E-state index in [-0.39, 0.29) is 17.2 Å². The molecule has 3 N–H and O–H groups in total. The lowest BCUT2D eigenvalue weighted by molar-refractivity contribution is -0.147. The molecule has 0 aliphatic heterocycles. The Morgan fingerprint density at radius 3 is 2.25 bits per heavy atom. The van der Waals surface area contributed by atoms with E-state index in [1.807, 2.05) is 0 Å². The van der Waals surface area contributed by atoms with Crippen molar-refractivity contribution in [2.24, 2.45) is 0 Å². The topological polar surface area (TPSA) is 113 Å². The van der Waals surface area contributed by atoms with E-state index >= 15 is 0 Å². The SMILES string of the molecule is CNS(=O)(=O)c1ccc(CCC(=O)NC2(C(=O)O)CCCC2)cc1. The molecule has 0 atom stereocenters. The number of carbonyl (C=O) groups excluding carboxylic acids is 1. The summed E-state index contributed by atoms with van der Waals surface area (Å²) in [4.78, 5) is 23.7. The van der Waals surface area contributed by atoms with Gasteiger partial charge in [0.1, 0.15) is 5.54 Å². The Bertz CT molecular complexity index is 706. The molecule has 0 spiro atoms. The molecule has 0 bridgehead atoms. The van der Waals surface area contributed by atoms with Gasteiger partial charge < -0.3 is 10.4 Å². The summed E-state index contributed by atoms with van der Waals surface area (Å²) in [6.45, 7) is 0. The van der Waals surface area contributed by atoms with Crippen LogP contribution in [0.15, 0.2) is 29.2 Å². The van der Waals surface area contributed by atoms with Crippen LogP contribution in [-0.4, -0.2) is 38.0 Å². The molecule has 7 nitrogen and oxygen atoms in total. The fourth-order valence-corrected chi connectivity index (χ4v) is 3.64. The Kier molecular flexibility index (Phi) is 5.61. The van der Waals surface area contributed by atoms with Crippen LogP contribution in [0.5, 0.6) is 0 Å². The molecule has 132 valence electrons. The predicted molar refractivity (Wildman–Crippen MR) is 88.0 cm³/mol. The first-order chi connectivity index (χ1) is 11.3. The molecule has 2 rings (SSSR count). The number of carboxylic acid groups (broad SMARTS) is 1. The highest BCUT2D eigenvalue weighted by atomic mass is 32.2. The highest BCUT2D eigenvalue weighted by Gasteiger charge is 2.42. The van der Waals surface area contributed by atoms with Gasteiger partial charge in [-0.1, -0.05) is 25.0 Å². The smallest absolute Gasteiger partial charge is 0.329 e. The number of carboxylic acids is 1. The van der Waals surface area contributed by atoms with E-state index in [1.165, 1.54) is 19.2 Å². The summed E-state index contributed by atoms with van der Waals surface area (Å²) in [7, 11) is -2.13. The highest BCUT2D eigenvalue weighted by molar-refractivity contribution is 7.89. The summed E-state index contributed by atoms with van der Waals surface area (Å²) in [5.41, 5.74) is -0.307. The lowest BCUT2D eigenvalue weighted by atomic mass is 9.97.